The van der Waals surface area contributed by atoms with E-state index in [1.165, 1.54) is 61.1 Å². The highest BCUT2D eigenvalue weighted by molar-refractivity contribution is 6.23. The van der Waals surface area contributed by atoms with Crippen LogP contribution < -0.4 is 0 Å². The van der Waals surface area contributed by atoms with E-state index in [1.807, 2.05) is 42.5 Å². The minimum atomic E-state index is 0.638. The maximum Gasteiger partial charge on any atom is 0.164 e. The van der Waals surface area contributed by atoms with E-state index < -0.39 is 0 Å². The Morgan fingerprint density at radius 1 is 0.321 bits per heavy atom. The highest BCUT2D eigenvalue weighted by atomic mass is 16.3. The van der Waals surface area contributed by atoms with Crippen LogP contribution >= 0.6 is 0 Å². The molecule has 0 amide bonds. The lowest BCUT2D eigenvalue weighted by molar-refractivity contribution is 0.669. The fourth-order valence-corrected chi connectivity index (χ4v) is 9.30. The Labute approximate surface area is 320 Å². The summed E-state index contributed by atoms with van der Waals surface area (Å²) in [6.45, 7) is 0. The third-order valence-corrected chi connectivity index (χ3v) is 11.7. The summed E-state index contributed by atoms with van der Waals surface area (Å²) < 4.78 is 9.05. The van der Waals surface area contributed by atoms with Crippen LogP contribution in [0.5, 0.6) is 0 Å². The van der Waals surface area contributed by atoms with E-state index in [-0.39, 0.29) is 0 Å². The van der Waals surface area contributed by atoms with Crippen LogP contribution in [0.1, 0.15) is 0 Å². The van der Waals surface area contributed by atoms with Gasteiger partial charge in [0.1, 0.15) is 11.2 Å². The Morgan fingerprint density at radius 3 is 1.61 bits per heavy atom. The molecule has 0 saturated carbocycles. The molecular weight excluding hydrogens is 685 g/mol. The van der Waals surface area contributed by atoms with Gasteiger partial charge in [-0.15, -0.1) is 0 Å². The van der Waals surface area contributed by atoms with Gasteiger partial charge < -0.3 is 8.98 Å². The molecule has 0 unspecified atom stereocenters. The first-order valence-electron chi connectivity index (χ1n) is 18.9. The molecular formula is C51H28N4O. The number of para-hydroxylation sites is 3. The van der Waals surface area contributed by atoms with Gasteiger partial charge in [0.05, 0.1) is 16.7 Å². The fourth-order valence-electron chi connectivity index (χ4n) is 9.30. The summed E-state index contributed by atoms with van der Waals surface area (Å²) in [5.41, 5.74) is 17.6. The molecule has 0 N–H and O–H groups in total. The van der Waals surface area contributed by atoms with Crippen molar-refractivity contribution < 1.29 is 4.42 Å². The second-order valence-electron chi connectivity index (χ2n) is 14.7. The van der Waals surface area contributed by atoms with E-state index in [0.29, 0.717) is 17.5 Å². The van der Waals surface area contributed by atoms with Crippen molar-refractivity contribution >= 4 is 43.7 Å². The van der Waals surface area contributed by atoms with Crippen molar-refractivity contribution in [1.82, 2.24) is 19.5 Å². The molecule has 5 heterocycles. The molecule has 3 aromatic heterocycles. The smallest absolute Gasteiger partial charge is 0.164 e. The second-order valence-corrected chi connectivity index (χ2v) is 14.7. The van der Waals surface area contributed by atoms with Gasteiger partial charge in [-0.25, -0.2) is 15.0 Å². The van der Waals surface area contributed by atoms with Crippen LogP contribution in [0.2, 0.25) is 0 Å². The minimum absolute atomic E-state index is 0.638. The topological polar surface area (TPSA) is 56.7 Å². The third-order valence-electron chi connectivity index (χ3n) is 11.7. The number of aromatic nitrogens is 4. The lowest BCUT2D eigenvalue weighted by Gasteiger charge is -2.16. The molecule has 56 heavy (non-hydrogen) atoms. The van der Waals surface area contributed by atoms with Crippen LogP contribution in [0.15, 0.2) is 174 Å². The zero-order valence-corrected chi connectivity index (χ0v) is 29.9. The molecule has 0 radical (unpaired) electrons. The van der Waals surface area contributed by atoms with Crippen LogP contribution in [0.25, 0.3) is 128 Å². The molecule has 8 aromatic carbocycles. The number of fused-ring (bicyclic) bond motifs is 10. The maximum atomic E-state index is 6.50. The van der Waals surface area contributed by atoms with Gasteiger partial charge in [-0.2, -0.15) is 0 Å². The molecule has 11 aromatic rings. The Morgan fingerprint density at radius 2 is 0.857 bits per heavy atom. The van der Waals surface area contributed by atoms with Crippen LogP contribution in [-0.2, 0) is 0 Å². The lowest BCUT2D eigenvalue weighted by atomic mass is 9.89. The Balaban J connectivity index is 1.18. The zero-order valence-electron chi connectivity index (χ0n) is 29.9. The quantitative estimate of drug-likeness (QED) is 0.183. The molecule has 0 spiro atoms. The lowest BCUT2D eigenvalue weighted by Crippen LogP contribution is -2.00. The van der Waals surface area contributed by atoms with Crippen LogP contribution in [0.4, 0.5) is 0 Å². The molecule has 0 fully saturated rings. The molecule has 258 valence electrons. The van der Waals surface area contributed by atoms with Crippen LogP contribution in [0, 0.1) is 0 Å². The van der Waals surface area contributed by atoms with Gasteiger partial charge >= 0.3 is 0 Å². The number of furan rings is 1. The summed E-state index contributed by atoms with van der Waals surface area (Å²) in [6.07, 6.45) is 0. The monoisotopic (exact) mass is 712 g/mol. The summed E-state index contributed by atoms with van der Waals surface area (Å²) in [5, 5.41) is 4.59. The molecule has 0 aliphatic carbocycles. The van der Waals surface area contributed by atoms with E-state index in [9.17, 15) is 0 Å². The first-order chi connectivity index (χ1) is 27.8. The molecule has 2 aliphatic heterocycles. The minimum Gasteiger partial charge on any atom is -0.456 e. The first kappa shape index (κ1) is 29.8. The second kappa shape index (κ2) is 11.0. The summed E-state index contributed by atoms with van der Waals surface area (Å²) in [4.78, 5) is 15.4. The van der Waals surface area contributed by atoms with Gasteiger partial charge in [0.25, 0.3) is 0 Å². The molecule has 13 rings (SSSR count). The Kier molecular flexibility index (Phi) is 5.83. The van der Waals surface area contributed by atoms with E-state index in [0.717, 1.165) is 49.6 Å². The summed E-state index contributed by atoms with van der Waals surface area (Å²) in [7, 11) is 0. The predicted molar refractivity (Wildman–Crippen MR) is 227 cm³/mol. The van der Waals surface area contributed by atoms with Crippen molar-refractivity contribution in [2.24, 2.45) is 0 Å². The largest absolute Gasteiger partial charge is 0.456 e. The van der Waals surface area contributed by atoms with Gasteiger partial charge in [-0.1, -0.05) is 140 Å². The normalized spacial score (nSPS) is 12.3. The number of hydrogen-bond donors (Lipinski definition) is 0. The van der Waals surface area contributed by atoms with Crippen LogP contribution in [-0.4, -0.2) is 19.5 Å². The SMILES string of the molecule is c1ccc(-c2nc(-c3ccccc3)nc(-c3cc4c5c(c3)c3cccc6c3n5-c3c(cccc3-c3cc5oc7ccccc7c5cc3-6)-c3ccccc3-4)n2)cc1. The van der Waals surface area contributed by atoms with Crippen molar-refractivity contribution in [2.75, 3.05) is 0 Å². The molecule has 0 atom stereocenters. The van der Waals surface area contributed by atoms with Crippen molar-refractivity contribution in [3.8, 4) is 84.4 Å². The molecule has 0 saturated heterocycles. The highest BCUT2D eigenvalue weighted by Crippen LogP contribution is 2.55. The fraction of sp³-hybridized carbons (Fsp3) is 0. The van der Waals surface area contributed by atoms with Gasteiger partial charge in [0, 0.05) is 60.5 Å². The Bertz CT molecular complexity index is 3410. The highest BCUT2D eigenvalue weighted by Gasteiger charge is 2.32. The number of hydrogen-bond acceptors (Lipinski definition) is 4. The first-order valence-corrected chi connectivity index (χ1v) is 18.9. The molecule has 5 heteroatoms. The maximum absolute atomic E-state index is 6.50. The van der Waals surface area contributed by atoms with Crippen molar-refractivity contribution in [1.29, 1.82) is 0 Å². The Hall–Kier alpha value is -7.63. The van der Waals surface area contributed by atoms with E-state index in [4.69, 9.17) is 19.4 Å². The van der Waals surface area contributed by atoms with Gasteiger partial charge in [-0.05, 0) is 52.6 Å². The molecule has 0 bridgehead atoms. The predicted octanol–water partition coefficient (Wildman–Crippen LogP) is 13.2. The number of rotatable bonds is 3. The standard InChI is InChI=1S/C51H28N4O/c1-3-13-29(14-4-1)49-52-50(30-15-5-2-6-16-30)54-51(53-49)31-25-42-33-18-8-7-17-32(33)35-20-11-22-37-40-28-45-41(34-19-9-10-24-44(34)56-45)27-39(40)36-21-12-23-38-43(26-31)48(42)55(46(35)37)47(36)38/h1-28H. The number of nitrogens with zero attached hydrogens (tertiary/aromatic N) is 4. The van der Waals surface area contributed by atoms with Crippen molar-refractivity contribution in [3.05, 3.63) is 170 Å². The summed E-state index contributed by atoms with van der Waals surface area (Å²) >= 11 is 0. The van der Waals surface area contributed by atoms with Crippen molar-refractivity contribution in [3.63, 3.8) is 0 Å². The molecule has 5 nitrogen and oxygen atoms in total. The summed E-state index contributed by atoms with van der Waals surface area (Å²) in [5.74, 6) is 1.93. The van der Waals surface area contributed by atoms with E-state index >= 15 is 0 Å². The van der Waals surface area contributed by atoms with Gasteiger partial charge in [-0.3, -0.25) is 0 Å². The summed E-state index contributed by atoms with van der Waals surface area (Å²) in [6, 6.07) is 60.2. The average molecular weight is 713 g/mol. The van der Waals surface area contributed by atoms with Crippen molar-refractivity contribution in [2.45, 2.75) is 0 Å². The third kappa shape index (κ3) is 4.01. The van der Waals surface area contributed by atoms with E-state index in [1.54, 1.807) is 0 Å². The zero-order chi connectivity index (χ0) is 36.5. The van der Waals surface area contributed by atoms with Crippen LogP contribution in [0.3, 0.4) is 0 Å². The molecule has 2 aliphatic rings. The number of benzene rings is 8. The van der Waals surface area contributed by atoms with E-state index in [2.05, 4.69) is 132 Å². The van der Waals surface area contributed by atoms with Gasteiger partial charge in [0.15, 0.2) is 17.5 Å². The average Bonchev–Trinajstić information content (AvgIpc) is 3.73. The van der Waals surface area contributed by atoms with Gasteiger partial charge in [0.2, 0.25) is 0 Å².